The quantitative estimate of drug-likeness (QED) is 0.320. The summed E-state index contributed by atoms with van der Waals surface area (Å²) in [5.41, 5.74) is 2.62. The summed E-state index contributed by atoms with van der Waals surface area (Å²) in [6.45, 7) is 6.56. The standard InChI is InChI=1S/C19H27N3OS2/c1-4-5-6-7-8-17(23)20-18-21-22-19(25-18)24-13-15-9-11-16(12-10-15)14(2)3/h9-12,14H,4-8,13H2,1-3H3,(H,20,21,23). The first kappa shape index (κ1) is 19.9. The summed E-state index contributed by atoms with van der Waals surface area (Å²) in [5.74, 6) is 1.45. The lowest BCUT2D eigenvalue weighted by Crippen LogP contribution is -2.10. The molecule has 1 aromatic heterocycles. The fourth-order valence-corrected chi connectivity index (χ4v) is 4.08. The molecule has 0 radical (unpaired) electrons. The molecule has 0 fully saturated rings. The van der Waals surface area contributed by atoms with Crippen molar-refractivity contribution in [1.82, 2.24) is 10.2 Å². The zero-order valence-electron chi connectivity index (χ0n) is 15.2. The number of hydrogen-bond acceptors (Lipinski definition) is 5. The monoisotopic (exact) mass is 377 g/mol. The van der Waals surface area contributed by atoms with Crippen LogP contribution in [0.4, 0.5) is 5.13 Å². The minimum atomic E-state index is 0.0353. The van der Waals surface area contributed by atoms with Gasteiger partial charge in [0.2, 0.25) is 11.0 Å². The van der Waals surface area contributed by atoms with Crippen LogP contribution < -0.4 is 5.32 Å². The first-order valence-corrected chi connectivity index (χ1v) is 10.7. The Morgan fingerprint density at radius 3 is 2.60 bits per heavy atom. The Labute approximate surface area is 158 Å². The van der Waals surface area contributed by atoms with Gasteiger partial charge in [0.15, 0.2) is 4.34 Å². The molecule has 0 aliphatic heterocycles. The predicted molar refractivity (Wildman–Crippen MR) is 107 cm³/mol. The van der Waals surface area contributed by atoms with E-state index >= 15 is 0 Å². The van der Waals surface area contributed by atoms with E-state index in [9.17, 15) is 4.79 Å². The highest BCUT2D eigenvalue weighted by Crippen LogP contribution is 2.28. The second kappa shape index (κ2) is 10.6. The van der Waals surface area contributed by atoms with Crippen LogP contribution in [-0.4, -0.2) is 16.1 Å². The topological polar surface area (TPSA) is 54.9 Å². The zero-order chi connectivity index (χ0) is 18.1. The lowest BCUT2D eigenvalue weighted by atomic mass is 10.0. The van der Waals surface area contributed by atoms with Crippen LogP contribution in [0.5, 0.6) is 0 Å². The molecule has 0 unspecified atom stereocenters. The van der Waals surface area contributed by atoms with Crippen molar-refractivity contribution in [3.63, 3.8) is 0 Å². The molecule has 0 spiro atoms. The third kappa shape index (κ3) is 7.16. The highest BCUT2D eigenvalue weighted by Gasteiger charge is 2.09. The summed E-state index contributed by atoms with van der Waals surface area (Å²) in [5, 5.41) is 11.7. The molecule has 1 N–H and O–H groups in total. The average molecular weight is 378 g/mol. The van der Waals surface area contributed by atoms with Crippen LogP contribution >= 0.6 is 23.1 Å². The third-order valence-electron chi connectivity index (χ3n) is 3.92. The van der Waals surface area contributed by atoms with Crippen LogP contribution in [0.1, 0.15) is 69.9 Å². The lowest BCUT2D eigenvalue weighted by Gasteiger charge is -2.06. The van der Waals surface area contributed by atoms with Crippen molar-refractivity contribution >= 4 is 34.1 Å². The summed E-state index contributed by atoms with van der Waals surface area (Å²) in [6, 6.07) is 8.71. The average Bonchev–Trinajstić information content (AvgIpc) is 3.04. The molecule has 0 atom stereocenters. The Bertz CT molecular complexity index is 653. The van der Waals surface area contributed by atoms with Crippen molar-refractivity contribution < 1.29 is 4.79 Å². The Morgan fingerprint density at radius 1 is 1.16 bits per heavy atom. The molecule has 1 amide bonds. The van der Waals surface area contributed by atoms with Crippen LogP contribution in [0.15, 0.2) is 28.6 Å². The van der Waals surface area contributed by atoms with Gasteiger partial charge in [-0.2, -0.15) is 0 Å². The van der Waals surface area contributed by atoms with Crippen LogP contribution in [0, 0.1) is 0 Å². The van der Waals surface area contributed by atoms with Crippen molar-refractivity contribution in [2.75, 3.05) is 5.32 Å². The summed E-state index contributed by atoms with van der Waals surface area (Å²) < 4.78 is 0.884. The van der Waals surface area contributed by atoms with E-state index in [0.717, 1.165) is 22.9 Å². The number of benzene rings is 1. The highest BCUT2D eigenvalue weighted by atomic mass is 32.2. The fourth-order valence-electron chi connectivity index (χ4n) is 2.36. The van der Waals surface area contributed by atoms with E-state index in [1.165, 1.54) is 35.3 Å². The van der Waals surface area contributed by atoms with E-state index in [0.29, 0.717) is 17.5 Å². The molecule has 0 aliphatic carbocycles. The number of nitrogens with one attached hydrogen (secondary N) is 1. The van der Waals surface area contributed by atoms with Crippen LogP contribution in [0.2, 0.25) is 0 Å². The van der Waals surface area contributed by atoms with Gasteiger partial charge in [-0.15, -0.1) is 10.2 Å². The number of anilines is 1. The van der Waals surface area contributed by atoms with Gasteiger partial charge >= 0.3 is 0 Å². The summed E-state index contributed by atoms with van der Waals surface area (Å²) in [4.78, 5) is 11.9. The molecular weight excluding hydrogens is 350 g/mol. The van der Waals surface area contributed by atoms with Gasteiger partial charge in [0.1, 0.15) is 0 Å². The summed E-state index contributed by atoms with van der Waals surface area (Å²) in [7, 11) is 0. The van der Waals surface area contributed by atoms with E-state index in [2.05, 4.69) is 60.6 Å². The Morgan fingerprint density at radius 2 is 1.92 bits per heavy atom. The van der Waals surface area contributed by atoms with Crippen molar-refractivity contribution in [1.29, 1.82) is 0 Å². The molecular formula is C19H27N3OS2. The molecule has 0 bridgehead atoms. The third-order valence-corrected chi connectivity index (χ3v) is 5.96. The number of rotatable bonds is 10. The Balaban J connectivity index is 1.76. The first-order valence-electron chi connectivity index (χ1n) is 8.93. The van der Waals surface area contributed by atoms with Crippen molar-refractivity contribution in [3.05, 3.63) is 35.4 Å². The van der Waals surface area contributed by atoms with Crippen LogP contribution in [-0.2, 0) is 10.5 Å². The van der Waals surface area contributed by atoms with E-state index < -0.39 is 0 Å². The summed E-state index contributed by atoms with van der Waals surface area (Å²) in [6.07, 6.45) is 4.97. The minimum Gasteiger partial charge on any atom is -0.301 e. The molecule has 4 nitrogen and oxygen atoms in total. The van der Waals surface area contributed by atoms with Gasteiger partial charge in [0, 0.05) is 12.2 Å². The van der Waals surface area contributed by atoms with Gasteiger partial charge in [-0.05, 0) is 23.5 Å². The molecule has 1 aromatic carbocycles. The van der Waals surface area contributed by atoms with Crippen molar-refractivity contribution in [3.8, 4) is 0 Å². The van der Waals surface area contributed by atoms with E-state index in [4.69, 9.17) is 0 Å². The van der Waals surface area contributed by atoms with Gasteiger partial charge in [-0.25, -0.2) is 0 Å². The molecule has 25 heavy (non-hydrogen) atoms. The molecule has 0 saturated heterocycles. The summed E-state index contributed by atoms with van der Waals surface area (Å²) >= 11 is 3.09. The van der Waals surface area contributed by atoms with E-state index in [-0.39, 0.29) is 5.91 Å². The van der Waals surface area contributed by atoms with Gasteiger partial charge < -0.3 is 5.32 Å². The first-order chi connectivity index (χ1) is 12.1. The smallest absolute Gasteiger partial charge is 0.226 e. The molecule has 0 aliphatic rings. The Hall–Kier alpha value is -1.40. The SMILES string of the molecule is CCCCCCC(=O)Nc1nnc(SCc2ccc(C(C)C)cc2)s1. The second-order valence-corrected chi connectivity index (χ2v) is 8.62. The molecule has 1 heterocycles. The van der Waals surface area contributed by atoms with Crippen molar-refractivity contribution in [2.45, 2.75) is 68.9 Å². The Kier molecular flexibility index (Phi) is 8.41. The number of aromatic nitrogens is 2. The number of unbranched alkanes of at least 4 members (excludes halogenated alkanes) is 3. The fraction of sp³-hybridized carbons (Fsp3) is 0.526. The number of carbonyl (C=O) groups is 1. The largest absolute Gasteiger partial charge is 0.301 e. The van der Waals surface area contributed by atoms with Gasteiger partial charge in [0.05, 0.1) is 0 Å². The van der Waals surface area contributed by atoms with Crippen molar-refractivity contribution in [2.24, 2.45) is 0 Å². The number of hydrogen-bond donors (Lipinski definition) is 1. The van der Waals surface area contributed by atoms with Gasteiger partial charge in [-0.3, -0.25) is 4.79 Å². The molecule has 6 heteroatoms. The maximum absolute atomic E-state index is 11.9. The molecule has 2 rings (SSSR count). The molecule has 136 valence electrons. The molecule has 2 aromatic rings. The maximum atomic E-state index is 11.9. The predicted octanol–water partition coefficient (Wildman–Crippen LogP) is 5.86. The highest BCUT2D eigenvalue weighted by molar-refractivity contribution is 8.00. The van der Waals surface area contributed by atoms with Crippen LogP contribution in [0.25, 0.3) is 0 Å². The van der Waals surface area contributed by atoms with E-state index in [1.807, 2.05) is 0 Å². The second-order valence-electron chi connectivity index (χ2n) is 6.42. The minimum absolute atomic E-state index is 0.0353. The number of amides is 1. The van der Waals surface area contributed by atoms with Crippen LogP contribution in [0.3, 0.4) is 0 Å². The number of carbonyl (C=O) groups excluding carboxylic acids is 1. The van der Waals surface area contributed by atoms with Gasteiger partial charge in [0.25, 0.3) is 0 Å². The number of nitrogens with zero attached hydrogens (tertiary/aromatic N) is 2. The van der Waals surface area contributed by atoms with Gasteiger partial charge in [-0.1, -0.05) is 87.4 Å². The normalized spacial score (nSPS) is 11.0. The maximum Gasteiger partial charge on any atom is 0.226 e. The lowest BCUT2D eigenvalue weighted by molar-refractivity contribution is -0.116. The number of thioether (sulfide) groups is 1. The van der Waals surface area contributed by atoms with E-state index in [1.54, 1.807) is 11.8 Å². The molecule has 0 saturated carbocycles. The zero-order valence-corrected chi connectivity index (χ0v) is 16.9.